The van der Waals surface area contributed by atoms with E-state index in [1.165, 1.54) is 0 Å². The maximum absolute atomic E-state index is 10.2. The first kappa shape index (κ1) is 10.5. The molecule has 6 N–H and O–H groups in total. The number of aliphatic hydroxyl groups excluding tert-OH is 1. The number of rotatable bonds is 3. The van der Waals surface area contributed by atoms with E-state index in [0.717, 1.165) is 0 Å². The number of carboxylic acids is 1. The van der Waals surface area contributed by atoms with Gasteiger partial charge >= 0.3 is 13.6 Å². The van der Waals surface area contributed by atoms with E-state index in [0.29, 0.717) is 0 Å². The maximum atomic E-state index is 10.2. The van der Waals surface area contributed by atoms with Gasteiger partial charge in [-0.3, -0.25) is 9.36 Å². The lowest BCUT2D eigenvalue weighted by atomic mass is 10.3. The van der Waals surface area contributed by atoms with Crippen LogP contribution in [-0.2, 0) is 9.36 Å². The van der Waals surface area contributed by atoms with Crippen molar-refractivity contribution in [2.24, 2.45) is 5.73 Å². The van der Waals surface area contributed by atoms with Gasteiger partial charge < -0.3 is 25.7 Å². The highest BCUT2D eigenvalue weighted by Gasteiger charge is 2.36. The Kier molecular flexibility index (Phi) is 3.15. The van der Waals surface area contributed by atoms with Gasteiger partial charge in [-0.2, -0.15) is 0 Å². The molecule has 0 aromatic carbocycles. The number of hydrogen-bond donors (Lipinski definition) is 5. The molecule has 1 unspecified atom stereocenters. The molecular formula is C3H8NO6P. The summed E-state index contributed by atoms with van der Waals surface area (Å²) in [5.74, 6) is -4.01. The summed E-state index contributed by atoms with van der Waals surface area (Å²) >= 11 is 0. The summed E-state index contributed by atoms with van der Waals surface area (Å²) in [6, 6.07) is -1.96. The van der Waals surface area contributed by atoms with Crippen molar-refractivity contribution < 1.29 is 29.4 Å². The summed E-state index contributed by atoms with van der Waals surface area (Å²) in [5, 5.41) is 16.6. The average molecular weight is 185 g/mol. The first-order valence-corrected chi connectivity index (χ1v) is 4.16. The highest BCUT2D eigenvalue weighted by atomic mass is 31.2. The molecule has 0 saturated heterocycles. The van der Waals surface area contributed by atoms with Crippen LogP contribution >= 0.6 is 7.60 Å². The molecule has 0 aliphatic rings. The molecule has 8 heteroatoms. The smallest absolute Gasteiger partial charge is 0.356 e. The van der Waals surface area contributed by atoms with Crippen LogP contribution in [0.2, 0.25) is 0 Å². The summed E-state index contributed by atoms with van der Waals surface area (Å²) < 4.78 is 10.2. The molecule has 0 spiro atoms. The molecule has 0 aliphatic heterocycles. The van der Waals surface area contributed by atoms with E-state index in [2.05, 4.69) is 0 Å². The number of hydrogen-bond acceptors (Lipinski definition) is 4. The largest absolute Gasteiger partial charge is 0.480 e. The Labute approximate surface area is 61.6 Å². The number of aliphatic hydroxyl groups is 1. The van der Waals surface area contributed by atoms with Gasteiger partial charge in [0.2, 0.25) is 0 Å². The molecule has 0 rings (SSSR count). The second kappa shape index (κ2) is 3.29. The molecule has 0 aromatic heterocycles. The van der Waals surface area contributed by atoms with Gasteiger partial charge in [0.1, 0.15) is 6.04 Å². The van der Waals surface area contributed by atoms with E-state index >= 15 is 0 Å². The van der Waals surface area contributed by atoms with Gasteiger partial charge in [0, 0.05) is 0 Å². The third kappa shape index (κ3) is 2.96. The van der Waals surface area contributed by atoms with Gasteiger partial charge in [0.05, 0.1) is 0 Å². The van der Waals surface area contributed by atoms with E-state index in [9.17, 15) is 9.36 Å². The maximum Gasteiger partial charge on any atom is 0.356 e. The van der Waals surface area contributed by atoms with Crippen LogP contribution in [0, 0.1) is 0 Å². The molecule has 0 aromatic rings. The summed E-state index contributed by atoms with van der Waals surface area (Å²) in [5.41, 5.74) is 4.70. The van der Waals surface area contributed by atoms with Crippen LogP contribution in [0.3, 0.4) is 0 Å². The number of nitrogens with two attached hydrogens (primary N) is 1. The van der Waals surface area contributed by atoms with Crippen LogP contribution < -0.4 is 5.73 Å². The molecule has 0 aliphatic carbocycles. The molecule has 11 heavy (non-hydrogen) atoms. The first-order valence-electron chi connectivity index (χ1n) is 2.48. The van der Waals surface area contributed by atoms with Gasteiger partial charge in [0.25, 0.3) is 0 Å². The molecule has 0 heterocycles. The minimum atomic E-state index is -4.82. The predicted molar refractivity (Wildman–Crippen MR) is 33.7 cm³/mol. The Balaban J connectivity index is 4.38. The number of carboxylic acid groups (broad SMARTS) is 1. The minimum Gasteiger partial charge on any atom is -0.480 e. The van der Waals surface area contributed by atoms with Crippen LogP contribution in [0.5, 0.6) is 0 Å². The molecule has 0 radical (unpaired) electrons. The fraction of sp³-hybridized carbons (Fsp3) is 0.667. The average Bonchev–Trinajstić information content (AvgIpc) is 1.82. The van der Waals surface area contributed by atoms with E-state index < -0.39 is 25.5 Å². The SMILES string of the molecule is N[C@H](C(=O)O)C(O)P(=O)(O)O. The Bertz CT molecular complexity index is 198. The van der Waals surface area contributed by atoms with Crippen molar-refractivity contribution in [2.45, 2.75) is 11.9 Å². The molecule has 0 amide bonds. The van der Waals surface area contributed by atoms with Crippen molar-refractivity contribution in [3.63, 3.8) is 0 Å². The van der Waals surface area contributed by atoms with E-state index in [-0.39, 0.29) is 0 Å². The lowest BCUT2D eigenvalue weighted by molar-refractivity contribution is -0.140. The van der Waals surface area contributed by atoms with Crippen molar-refractivity contribution in [3.8, 4) is 0 Å². The van der Waals surface area contributed by atoms with E-state index in [4.69, 9.17) is 25.7 Å². The van der Waals surface area contributed by atoms with Crippen LogP contribution in [0.25, 0.3) is 0 Å². The van der Waals surface area contributed by atoms with Crippen molar-refractivity contribution in [1.82, 2.24) is 0 Å². The van der Waals surface area contributed by atoms with Gasteiger partial charge in [-0.15, -0.1) is 0 Å². The Hall–Kier alpha value is -0.460. The number of carbonyl (C=O) groups is 1. The second-order valence-corrected chi connectivity index (χ2v) is 3.57. The summed E-state index contributed by atoms with van der Waals surface area (Å²) in [7, 11) is -4.82. The van der Waals surface area contributed by atoms with Gasteiger partial charge in [0.15, 0.2) is 5.85 Å². The summed E-state index contributed by atoms with van der Waals surface area (Å²) in [6.45, 7) is 0. The standard InChI is InChI=1S/C3H8NO6P/c4-1(2(5)6)3(7)11(8,9)10/h1,3,7H,4H2,(H,5,6)(H2,8,9,10)/t1-,3?/m1/s1. The minimum absolute atomic E-state index is 1.67. The quantitative estimate of drug-likeness (QED) is 0.317. The van der Waals surface area contributed by atoms with E-state index in [1.54, 1.807) is 0 Å². The molecule has 0 fully saturated rings. The molecule has 66 valence electrons. The first-order chi connectivity index (χ1) is 4.76. The topological polar surface area (TPSA) is 141 Å². The molecule has 7 nitrogen and oxygen atoms in total. The lowest BCUT2D eigenvalue weighted by Gasteiger charge is -2.15. The van der Waals surface area contributed by atoms with Crippen LogP contribution in [0.4, 0.5) is 0 Å². The molecular weight excluding hydrogens is 177 g/mol. The zero-order valence-electron chi connectivity index (χ0n) is 5.28. The Morgan fingerprint density at radius 3 is 1.91 bits per heavy atom. The van der Waals surface area contributed by atoms with Crippen molar-refractivity contribution in [3.05, 3.63) is 0 Å². The second-order valence-electron chi connectivity index (χ2n) is 1.87. The fourth-order valence-electron chi connectivity index (χ4n) is 0.337. The van der Waals surface area contributed by atoms with Gasteiger partial charge in [-0.1, -0.05) is 0 Å². The molecule has 2 atom stereocenters. The normalized spacial score (nSPS) is 17.5. The van der Waals surface area contributed by atoms with Crippen LogP contribution in [0.1, 0.15) is 0 Å². The zero-order valence-corrected chi connectivity index (χ0v) is 6.18. The third-order valence-corrected chi connectivity index (χ3v) is 1.96. The van der Waals surface area contributed by atoms with Gasteiger partial charge in [-0.05, 0) is 0 Å². The fourth-order valence-corrected chi connectivity index (χ4v) is 0.883. The van der Waals surface area contributed by atoms with Gasteiger partial charge in [-0.25, -0.2) is 0 Å². The predicted octanol–water partition coefficient (Wildman–Crippen LogP) is -2.11. The highest BCUT2D eigenvalue weighted by molar-refractivity contribution is 7.52. The van der Waals surface area contributed by atoms with E-state index in [1.807, 2.05) is 0 Å². The summed E-state index contributed by atoms with van der Waals surface area (Å²) in [6.07, 6.45) is 0. The highest BCUT2D eigenvalue weighted by Crippen LogP contribution is 2.40. The monoisotopic (exact) mass is 185 g/mol. The molecule has 0 saturated carbocycles. The van der Waals surface area contributed by atoms with Crippen LogP contribution in [-0.4, -0.2) is 37.9 Å². The zero-order chi connectivity index (χ0) is 9.23. The van der Waals surface area contributed by atoms with Crippen molar-refractivity contribution in [1.29, 1.82) is 0 Å². The number of aliphatic carboxylic acids is 1. The third-order valence-electron chi connectivity index (χ3n) is 0.951. The van der Waals surface area contributed by atoms with Crippen molar-refractivity contribution in [2.75, 3.05) is 0 Å². The molecule has 0 bridgehead atoms. The Morgan fingerprint density at radius 1 is 1.45 bits per heavy atom. The Morgan fingerprint density at radius 2 is 1.82 bits per heavy atom. The summed E-state index contributed by atoms with van der Waals surface area (Å²) in [4.78, 5) is 26.4. The van der Waals surface area contributed by atoms with Crippen LogP contribution in [0.15, 0.2) is 0 Å². The lowest BCUT2D eigenvalue weighted by Crippen LogP contribution is -2.41. The van der Waals surface area contributed by atoms with Crippen molar-refractivity contribution >= 4 is 13.6 Å².